The van der Waals surface area contributed by atoms with Crippen LogP contribution in [0.4, 0.5) is 5.69 Å². The highest BCUT2D eigenvalue weighted by molar-refractivity contribution is 5.95. The Hall–Kier alpha value is -3.13. The molecule has 0 aromatic heterocycles. The van der Waals surface area contributed by atoms with Crippen molar-refractivity contribution in [2.24, 2.45) is 5.92 Å². The first-order valence-electron chi connectivity index (χ1n) is 12.9. The quantitative estimate of drug-likeness (QED) is 0.305. The summed E-state index contributed by atoms with van der Waals surface area (Å²) in [6, 6.07) is 19.9. The van der Waals surface area contributed by atoms with Gasteiger partial charge >= 0.3 is 0 Å². The predicted molar refractivity (Wildman–Crippen MR) is 161 cm³/mol. The molecule has 212 valence electrons. The Kier molecular flexibility index (Phi) is 11.8. The number of aryl methyl sites for hydroxylation is 1. The summed E-state index contributed by atoms with van der Waals surface area (Å²) < 4.78 is 5.80. The second kappa shape index (κ2) is 14.3. The largest absolute Gasteiger partial charge is 0.508 e. The van der Waals surface area contributed by atoms with Gasteiger partial charge in [-0.2, -0.15) is 0 Å². The normalized spacial score (nSPS) is 16.1. The molecule has 0 bridgehead atoms. The summed E-state index contributed by atoms with van der Waals surface area (Å²) in [6.07, 6.45) is 0. The Balaban J connectivity index is 0.00000267. The third-order valence-electron chi connectivity index (χ3n) is 6.89. The SMILES string of the molecule is Cc1cccc(Oc2ccc(C(=O)N[C@H](CN3CCN(c4cccc(O)c4)[C@@H](C)C3)C(C)C)cc2O)c1.Cl.Cl. The first-order chi connectivity index (χ1) is 17.7. The van der Waals surface area contributed by atoms with Crippen LogP contribution in [0.25, 0.3) is 0 Å². The number of aromatic hydroxyl groups is 2. The van der Waals surface area contributed by atoms with E-state index >= 15 is 0 Å². The molecule has 3 aromatic rings. The molecule has 0 saturated carbocycles. The van der Waals surface area contributed by atoms with E-state index in [4.69, 9.17) is 4.74 Å². The average Bonchev–Trinajstić information content (AvgIpc) is 2.85. The monoisotopic (exact) mass is 575 g/mol. The minimum Gasteiger partial charge on any atom is -0.508 e. The number of hydrogen-bond donors (Lipinski definition) is 3. The number of ether oxygens (including phenoxy) is 1. The van der Waals surface area contributed by atoms with Gasteiger partial charge in [0.1, 0.15) is 11.5 Å². The van der Waals surface area contributed by atoms with Crippen LogP contribution in [0.2, 0.25) is 0 Å². The van der Waals surface area contributed by atoms with Gasteiger partial charge in [-0.1, -0.05) is 32.0 Å². The third kappa shape index (κ3) is 8.43. The van der Waals surface area contributed by atoms with E-state index in [1.165, 1.54) is 6.07 Å². The molecular weight excluding hydrogens is 537 g/mol. The zero-order chi connectivity index (χ0) is 26.5. The minimum atomic E-state index is -0.220. The van der Waals surface area contributed by atoms with Crippen molar-refractivity contribution in [3.8, 4) is 23.0 Å². The van der Waals surface area contributed by atoms with Crippen molar-refractivity contribution < 1.29 is 19.7 Å². The molecule has 9 heteroatoms. The molecule has 3 N–H and O–H groups in total. The summed E-state index contributed by atoms with van der Waals surface area (Å²) in [5.74, 6) is 1.15. The molecule has 0 radical (unpaired) electrons. The van der Waals surface area contributed by atoms with Crippen LogP contribution < -0.4 is 15.0 Å². The zero-order valence-corrected chi connectivity index (χ0v) is 24.5. The Labute approximate surface area is 243 Å². The number of hydrogen-bond acceptors (Lipinski definition) is 6. The maximum atomic E-state index is 13.1. The summed E-state index contributed by atoms with van der Waals surface area (Å²) in [5.41, 5.74) is 2.47. The molecule has 1 saturated heterocycles. The number of nitrogens with zero attached hydrogens (tertiary/aromatic N) is 2. The molecule has 1 amide bonds. The van der Waals surface area contributed by atoms with E-state index in [1.54, 1.807) is 24.3 Å². The van der Waals surface area contributed by atoms with Gasteiger partial charge in [0.05, 0.1) is 0 Å². The lowest BCUT2D eigenvalue weighted by atomic mass is 10.0. The maximum absolute atomic E-state index is 13.1. The highest BCUT2D eigenvalue weighted by Gasteiger charge is 2.27. The average molecular weight is 577 g/mol. The summed E-state index contributed by atoms with van der Waals surface area (Å²) in [5, 5.41) is 23.5. The van der Waals surface area contributed by atoms with Gasteiger partial charge in [-0.15, -0.1) is 24.8 Å². The van der Waals surface area contributed by atoms with E-state index in [9.17, 15) is 15.0 Å². The van der Waals surface area contributed by atoms with Gasteiger partial charge in [0.25, 0.3) is 5.91 Å². The topological polar surface area (TPSA) is 85.3 Å². The summed E-state index contributed by atoms with van der Waals surface area (Å²) in [4.78, 5) is 17.8. The van der Waals surface area contributed by atoms with Crippen molar-refractivity contribution in [2.75, 3.05) is 31.1 Å². The highest BCUT2D eigenvalue weighted by Crippen LogP contribution is 2.32. The van der Waals surface area contributed by atoms with Crippen LogP contribution in [0.5, 0.6) is 23.0 Å². The van der Waals surface area contributed by atoms with E-state index in [2.05, 4.69) is 35.9 Å². The molecule has 0 spiro atoms. The van der Waals surface area contributed by atoms with Gasteiger partial charge in [-0.05, 0) is 67.8 Å². The molecule has 1 aliphatic heterocycles. The fourth-order valence-electron chi connectivity index (χ4n) is 4.76. The van der Waals surface area contributed by atoms with Gasteiger partial charge in [0.15, 0.2) is 11.5 Å². The van der Waals surface area contributed by atoms with Crippen LogP contribution in [-0.2, 0) is 0 Å². The molecule has 1 aliphatic rings. The van der Waals surface area contributed by atoms with Crippen molar-refractivity contribution in [3.05, 3.63) is 77.9 Å². The van der Waals surface area contributed by atoms with E-state index in [-0.39, 0.29) is 60.2 Å². The zero-order valence-electron chi connectivity index (χ0n) is 22.8. The maximum Gasteiger partial charge on any atom is 0.251 e. The van der Waals surface area contributed by atoms with Crippen LogP contribution in [-0.4, -0.2) is 59.3 Å². The van der Waals surface area contributed by atoms with Gasteiger partial charge in [0, 0.05) is 55.6 Å². The molecule has 1 heterocycles. The van der Waals surface area contributed by atoms with E-state index in [1.807, 2.05) is 43.3 Å². The molecular formula is C30H39Cl2N3O4. The lowest BCUT2D eigenvalue weighted by Crippen LogP contribution is -2.56. The van der Waals surface area contributed by atoms with Crippen molar-refractivity contribution in [1.82, 2.24) is 10.2 Å². The molecule has 2 atom stereocenters. The summed E-state index contributed by atoms with van der Waals surface area (Å²) in [6.45, 7) is 11.7. The number of phenolic OH excluding ortho intramolecular Hbond substituents is 2. The number of rotatable bonds is 8. The standard InChI is InChI=1S/C30H37N3O4.2ClH/c1-20(2)27(19-32-13-14-33(22(4)18-32)24-8-6-9-25(34)17-24)31-30(36)23-11-12-29(28(35)16-23)37-26-10-5-7-21(3)15-26;;/h5-12,15-17,20,22,27,34-35H,13-14,18-19H2,1-4H3,(H,31,36);2*1H/t22-,27+;;/m0../s1. The Morgan fingerprint density at radius 2 is 1.77 bits per heavy atom. The highest BCUT2D eigenvalue weighted by atomic mass is 35.5. The molecule has 0 aliphatic carbocycles. The second-order valence-corrected chi connectivity index (χ2v) is 10.2. The number of carbonyl (C=O) groups excluding carboxylic acids is 1. The molecule has 0 unspecified atom stereocenters. The summed E-state index contributed by atoms with van der Waals surface area (Å²) >= 11 is 0. The van der Waals surface area contributed by atoms with Crippen LogP contribution >= 0.6 is 24.8 Å². The van der Waals surface area contributed by atoms with E-state index in [0.29, 0.717) is 17.1 Å². The number of halogens is 2. The van der Waals surface area contributed by atoms with E-state index in [0.717, 1.165) is 37.4 Å². The first kappa shape index (κ1) is 32.1. The molecule has 39 heavy (non-hydrogen) atoms. The molecule has 7 nitrogen and oxygen atoms in total. The molecule has 4 rings (SSSR count). The third-order valence-corrected chi connectivity index (χ3v) is 6.89. The van der Waals surface area contributed by atoms with Crippen LogP contribution in [0.3, 0.4) is 0 Å². The van der Waals surface area contributed by atoms with Gasteiger partial charge in [0.2, 0.25) is 0 Å². The number of phenols is 2. The number of amides is 1. The van der Waals surface area contributed by atoms with Crippen LogP contribution in [0.15, 0.2) is 66.7 Å². The van der Waals surface area contributed by atoms with Crippen molar-refractivity contribution in [3.63, 3.8) is 0 Å². The Morgan fingerprint density at radius 3 is 2.41 bits per heavy atom. The number of anilines is 1. The Morgan fingerprint density at radius 1 is 1.03 bits per heavy atom. The van der Waals surface area contributed by atoms with Gasteiger partial charge in [-0.3, -0.25) is 9.69 Å². The minimum absolute atomic E-state index is 0. The number of piperazine rings is 1. The molecule has 3 aromatic carbocycles. The summed E-state index contributed by atoms with van der Waals surface area (Å²) in [7, 11) is 0. The fraction of sp³-hybridized carbons (Fsp3) is 0.367. The van der Waals surface area contributed by atoms with Crippen molar-refractivity contribution in [2.45, 2.75) is 39.8 Å². The number of nitrogens with one attached hydrogen (secondary N) is 1. The van der Waals surface area contributed by atoms with Crippen LogP contribution in [0.1, 0.15) is 36.7 Å². The molecule has 1 fully saturated rings. The van der Waals surface area contributed by atoms with E-state index < -0.39 is 0 Å². The van der Waals surface area contributed by atoms with Crippen LogP contribution in [0, 0.1) is 12.8 Å². The lowest BCUT2D eigenvalue weighted by molar-refractivity contribution is 0.0902. The van der Waals surface area contributed by atoms with Gasteiger partial charge < -0.3 is 25.2 Å². The predicted octanol–water partition coefficient (Wildman–Crippen LogP) is 6.01. The Bertz CT molecular complexity index is 1240. The van der Waals surface area contributed by atoms with Crippen molar-refractivity contribution in [1.29, 1.82) is 0 Å². The smallest absolute Gasteiger partial charge is 0.251 e. The second-order valence-electron chi connectivity index (χ2n) is 10.2. The number of carbonyl (C=O) groups is 1. The number of benzene rings is 3. The van der Waals surface area contributed by atoms with Crippen molar-refractivity contribution >= 4 is 36.4 Å². The fourth-order valence-corrected chi connectivity index (χ4v) is 4.76. The lowest BCUT2D eigenvalue weighted by Gasteiger charge is -2.42. The first-order valence-corrected chi connectivity index (χ1v) is 12.9. The van der Waals surface area contributed by atoms with Gasteiger partial charge in [-0.25, -0.2) is 0 Å².